The number of aryl methyl sites for hydroxylation is 2. The van der Waals surface area contributed by atoms with E-state index in [2.05, 4.69) is 20.9 Å². The number of anilines is 1. The number of thiazole rings is 1. The lowest BCUT2D eigenvalue weighted by Gasteiger charge is -2.15. The van der Waals surface area contributed by atoms with Crippen molar-refractivity contribution < 1.29 is 9.59 Å². The van der Waals surface area contributed by atoms with Gasteiger partial charge in [-0.15, -0.1) is 11.3 Å². The number of hydrogen-bond donors (Lipinski definition) is 3. The zero-order valence-corrected chi connectivity index (χ0v) is 15.8. The largest absolute Gasteiger partial charge is 0.359 e. The molecule has 0 unspecified atom stereocenters. The van der Waals surface area contributed by atoms with Crippen LogP contribution in [0.25, 0.3) is 0 Å². The molecule has 0 spiro atoms. The van der Waals surface area contributed by atoms with E-state index in [4.69, 9.17) is 0 Å². The van der Waals surface area contributed by atoms with Crippen LogP contribution in [0.3, 0.4) is 0 Å². The third-order valence-corrected chi connectivity index (χ3v) is 5.10. The van der Waals surface area contributed by atoms with Crippen molar-refractivity contribution in [3.8, 4) is 0 Å². The molecule has 0 radical (unpaired) electrons. The molecule has 6 nitrogen and oxygen atoms in total. The van der Waals surface area contributed by atoms with Gasteiger partial charge in [0, 0.05) is 17.6 Å². The van der Waals surface area contributed by atoms with Crippen molar-refractivity contribution in [2.75, 3.05) is 12.4 Å². The summed E-state index contributed by atoms with van der Waals surface area (Å²) in [5.74, 6) is -0.0433. The predicted molar refractivity (Wildman–Crippen MR) is 101 cm³/mol. The molecule has 1 heterocycles. The standard InChI is InChI=1S/C18H24N4O2S/c1-5-15(17-20-11(2)12(3)25-17)22-18(24)21-14-8-6-13(7-9-14)10-16(23)19-4/h6-9,15H,5,10H2,1-4H3,(H,19,23)(H2,21,22,24)/t15-/m1/s1. The van der Waals surface area contributed by atoms with Crippen LogP contribution in [0.15, 0.2) is 24.3 Å². The zero-order chi connectivity index (χ0) is 18.4. The fraction of sp³-hybridized carbons (Fsp3) is 0.389. The van der Waals surface area contributed by atoms with Gasteiger partial charge in [0.05, 0.1) is 18.2 Å². The minimum Gasteiger partial charge on any atom is -0.359 e. The van der Waals surface area contributed by atoms with Crippen molar-refractivity contribution in [3.05, 3.63) is 45.4 Å². The average Bonchev–Trinajstić information content (AvgIpc) is 2.93. The van der Waals surface area contributed by atoms with Crippen LogP contribution in [0.2, 0.25) is 0 Å². The summed E-state index contributed by atoms with van der Waals surface area (Å²) in [6.07, 6.45) is 1.09. The van der Waals surface area contributed by atoms with Crippen molar-refractivity contribution in [1.29, 1.82) is 0 Å². The predicted octanol–water partition coefficient (Wildman–Crippen LogP) is 3.32. The molecule has 134 valence electrons. The molecule has 1 aromatic heterocycles. The average molecular weight is 360 g/mol. The lowest BCUT2D eigenvalue weighted by molar-refractivity contribution is -0.119. The number of aromatic nitrogens is 1. The van der Waals surface area contributed by atoms with Gasteiger partial charge in [0.2, 0.25) is 5.91 Å². The summed E-state index contributed by atoms with van der Waals surface area (Å²) in [5.41, 5.74) is 2.58. The van der Waals surface area contributed by atoms with Crippen LogP contribution in [0.5, 0.6) is 0 Å². The van der Waals surface area contributed by atoms with Crippen molar-refractivity contribution >= 4 is 29.0 Å². The highest BCUT2D eigenvalue weighted by molar-refractivity contribution is 7.11. The monoisotopic (exact) mass is 360 g/mol. The first-order valence-electron chi connectivity index (χ1n) is 8.23. The Bertz CT molecular complexity index is 721. The lowest BCUT2D eigenvalue weighted by atomic mass is 10.1. The molecule has 0 saturated carbocycles. The second-order valence-corrected chi connectivity index (χ2v) is 7.03. The summed E-state index contributed by atoms with van der Waals surface area (Å²) in [6, 6.07) is 6.86. The Morgan fingerprint density at radius 2 is 1.88 bits per heavy atom. The van der Waals surface area contributed by atoms with E-state index in [0.717, 1.165) is 22.7 Å². The Balaban J connectivity index is 1.95. The molecule has 2 rings (SSSR count). The fourth-order valence-electron chi connectivity index (χ4n) is 2.29. The molecule has 0 aliphatic heterocycles. The highest BCUT2D eigenvalue weighted by Crippen LogP contribution is 2.25. The fourth-order valence-corrected chi connectivity index (χ4v) is 3.35. The maximum Gasteiger partial charge on any atom is 0.319 e. The quantitative estimate of drug-likeness (QED) is 0.739. The van der Waals surface area contributed by atoms with Gasteiger partial charge in [0.15, 0.2) is 0 Å². The van der Waals surface area contributed by atoms with Crippen molar-refractivity contribution in [2.24, 2.45) is 0 Å². The van der Waals surface area contributed by atoms with Crippen LogP contribution in [0.1, 0.15) is 40.5 Å². The second-order valence-electron chi connectivity index (χ2n) is 5.80. The number of nitrogens with zero attached hydrogens (tertiary/aromatic N) is 1. The molecule has 0 aliphatic rings. The van der Waals surface area contributed by atoms with Gasteiger partial charge < -0.3 is 16.0 Å². The van der Waals surface area contributed by atoms with Gasteiger partial charge in [-0.25, -0.2) is 9.78 Å². The molecule has 3 amide bonds. The number of rotatable bonds is 6. The maximum atomic E-state index is 12.2. The summed E-state index contributed by atoms with van der Waals surface area (Å²) < 4.78 is 0. The first-order valence-corrected chi connectivity index (χ1v) is 9.05. The minimum atomic E-state index is -0.267. The Kier molecular flexibility index (Phi) is 6.52. The Labute approximate surface area is 152 Å². The molecule has 0 aliphatic carbocycles. The van der Waals surface area contributed by atoms with Gasteiger partial charge in [0.1, 0.15) is 5.01 Å². The van der Waals surface area contributed by atoms with Crippen LogP contribution >= 0.6 is 11.3 Å². The van der Waals surface area contributed by atoms with E-state index >= 15 is 0 Å². The third-order valence-electron chi connectivity index (χ3n) is 3.91. The number of nitrogens with one attached hydrogen (secondary N) is 3. The Morgan fingerprint density at radius 3 is 2.40 bits per heavy atom. The van der Waals surface area contributed by atoms with E-state index in [1.165, 1.54) is 4.88 Å². The molecule has 1 aromatic carbocycles. The second kappa shape index (κ2) is 8.62. The van der Waals surface area contributed by atoms with Crippen molar-refractivity contribution in [3.63, 3.8) is 0 Å². The Morgan fingerprint density at radius 1 is 1.20 bits per heavy atom. The van der Waals surface area contributed by atoms with Crippen molar-refractivity contribution in [2.45, 2.75) is 39.7 Å². The molecule has 0 bridgehead atoms. The van der Waals surface area contributed by atoms with Gasteiger partial charge in [-0.3, -0.25) is 4.79 Å². The number of amides is 3. The summed E-state index contributed by atoms with van der Waals surface area (Å²) >= 11 is 1.61. The van der Waals surface area contributed by atoms with E-state index in [0.29, 0.717) is 12.1 Å². The number of hydrogen-bond acceptors (Lipinski definition) is 4. The van der Waals surface area contributed by atoms with Gasteiger partial charge in [-0.2, -0.15) is 0 Å². The van der Waals surface area contributed by atoms with Crippen LogP contribution in [-0.2, 0) is 11.2 Å². The SMILES string of the molecule is CC[C@@H](NC(=O)Nc1ccc(CC(=O)NC)cc1)c1nc(C)c(C)s1. The van der Waals surface area contributed by atoms with Crippen LogP contribution < -0.4 is 16.0 Å². The van der Waals surface area contributed by atoms with Crippen LogP contribution in [0.4, 0.5) is 10.5 Å². The van der Waals surface area contributed by atoms with Gasteiger partial charge in [-0.1, -0.05) is 19.1 Å². The van der Waals surface area contributed by atoms with Crippen LogP contribution in [-0.4, -0.2) is 24.0 Å². The summed E-state index contributed by atoms with van der Waals surface area (Å²) in [6.45, 7) is 6.02. The van der Waals surface area contributed by atoms with E-state index in [9.17, 15) is 9.59 Å². The molecule has 7 heteroatoms. The Hall–Kier alpha value is -2.41. The van der Waals surface area contributed by atoms with Gasteiger partial charge in [0.25, 0.3) is 0 Å². The maximum absolute atomic E-state index is 12.2. The topological polar surface area (TPSA) is 83.1 Å². The smallest absolute Gasteiger partial charge is 0.319 e. The first kappa shape index (κ1) is 18.9. The molecule has 0 fully saturated rings. The summed E-state index contributed by atoms with van der Waals surface area (Å²) in [7, 11) is 1.61. The molecule has 25 heavy (non-hydrogen) atoms. The normalized spacial score (nSPS) is 11.7. The number of urea groups is 1. The molecular weight excluding hydrogens is 336 g/mol. The van der Waals surface area contributed by atoms with E-state index < -0.39 is 0 Å². The lowest BCUT2D eigenvalue weighted by Crippen LogP contribution is -2.32. The molecular formula is C18H24N4O2S. The van der Waals surface area contributed by atoms with Crippen LogP contribution in [0, 0.1) is 13.8 Å². The number of carbonyl (C=O) groups excluding carboxylic acids is 2. The van der Waals surface area contributed by atoms with E-state index in [1.54, 1.807) is 30.5 Å². The summed E-state index contributed by atoms with van der Waals surface area (Å²) in [4.78, 5) is 29.3. The number of likely N-dealkylation sites (N-methyl/N-ethyl adjacent to an activating group) is 1. The summed E-state index contributed by atoms with van der Waals surface area (Å²) in [5, 5.41) is 9.29. The minimum absolute atomic E-state index is 0.0433. The highest BCUT2D eigenvalue weighted by Gasteiger charge is 2.17. The number of benzene rings is 1. The molecule has 2 aromatic rings. The van der Waals surface area contributed by atoms with Gasteiger partial charge >= 0.3 is 6.03 Å². The molecule has 3 N–H and O–H groups in total. The third kappa shape index (κ3) is 5.29. The first-order chi connectivity index (χ1) is 11.9. The zero-order valence-electron chi connectivity index (χ0n) is 15.0. The molecule has 0 saturated heterocycles. The molecule has 1 atom stereocenters. The van der Waals surface area contributed by atoms with Gasteiger partial charge in [-0.05, 0) is 38.0 Å². The van der Waals surface area contributed by atoms with Crippen molar-refractivity contribution in [1.82, 2.24) is 15.6 Å². The highest BCUT2D eigenvalue weighted by atomic mass is 32.1. The van der Waals surface area contributed by atoms with E-state index in [-0.39, 0.29) is 18.0 Å². The van der Waals surface area contributed by atoms with E-state index in [1.807, 2.05) is 32.9 Å². The number of carbonyl (C=O) groups is 2.